The van der Waals surface area contributed by atoms with Gasteiger partial charge in [-0.1, -0.05) is 18.2 Å². The summed E-state index contributed by atoms with van der Waals surface area (Å²) in [6.45, 7) is 3.86. The van der Waals surface area contributed by atoms with Crippen molar-refractivity contribution in [1.29, 1.82) is 0 Å². The van der Waals surface area contributed by atoms with Gasteiger partial charge < -0.3 is 10.2 Å². The van der Waals surface area contributed by atoms with E-state index >= 15 is 0 Å². The number of amides is 1. The minimum absolute atomic E-state index is 0.0624. The van der Waals surface area contributed by atoms with Crippen molar-refractivity contribution in [1.82, 2.24) is 15.3 Å². The Morgan fingerprint density at radius 2 is 2.12 bits per heavy atom. The molecule has 1 N–H and O–H groups in total. The molecule has 132 valence electrons. The number of nitrogens with zero attached hydrogens (tertiary/aromatic N) is 3. The second kappa shape index (κ2) is 7.12. The molecule has 2 aromatic heterocycles. The van der Waals surface area contributed by atoms with Crippen molar-refractivity contribution in [3.63, 3.8) is 0 Å². The first-order chi connectivity index (χ1) is 12.7. The van der Waals surface area contributed by atoms with Crippen LogP contribution < -0.4 is 10.2 Å². The van der Waals surface area contributed by atoms with E-state index < -0.39 is 0 Å². The summed E-state index contributed by atoms with van der Waals surface area (Å²) in [7, 11) is 0. The number of carbonyl (C=O) groups is 1. The highest BCUT2D eigenvalue weighted by Crippen LogP contribution is 2.24. The smallest absolute Gasteiger partial charge is 0.253 e. The maximum atomic E-state index is 12.4. The first-order valence-corrected chi connectivity index (χ1v) is 9.03. The van der Waals surface area contributed by atoms with Gasteiger partial charge in [-0.25, -0.2) is 4.98 Å². The van der Waals surface area contributed by atoms with E-state index in [2.05, 4.69) is 40.3 Å². The maximum absolute atomic E-state index is 12.4. The number of pyridine rings is 2. The fourth-order valence-corrected chi connectivity index (χ4v) is 3.56. The average Bonchev–Trinajstić information content (AvgIpc) is 2.69. The zero-order chi connectivity index (χ0) is 17.9. The Labute approximate surface area is 153 Å². The molecule has 5 nitrogen and oxygen atoms in total. The molecule has 1 fully saturated rings. The van der Waals surface area contributed by atoms with Crippen LogP contribution in [0.4, 0.5) is 5.82 Å². The first kappa shape index (κ1) is 16.5. The Balaban J connectivity index is 1.51. The van der Waals surface area contributed by atoms with Gasteiger partial charge in [0.05, 0.1) is 11.1 Å². The second-order valence-corrected chi connectivity index (χ2v) is 6.81. The molecule has 0 spiro atoms. The third-order valence-corrected chi connectivity index (χ3v) is 4.91. The van der Waals surface area contributed by atoms with Gasteiger partial charge in [0.25, 0.3) is 5.91 Å². The molecule has 1 atom stereocenters. The fraction of sp³-hybridized carbons (Fsp3) is 0.286. The molecule has 0 bridgehead atoms. The van der Waals surface area contributed by atoms with Crippen LogP contribution in [-0.2, 0) is 0 Å². The Morgan fingerprint density at radius 1 is 1.23 bits per heavy atom. The number of fused-ring (bicyclic) bond motifs is 1. The number of carbonyl (C=O) groups excluding carboxylic acids is 1. The van der Waals surface area contributed by atoms with Gasteiger partial charge >= 0.3 is 0 Å². The summed E-state index contributed by atoms with van der Waals surface area (Å²) in [6, 6.07) is 14.1. The lowest BCUT2D eigenvalue weighted by Crippen LogP contribution is -2.48. The summed E-state index contributed by atoms with van der Waals surface area (Å²) in [5.74, 6) is 0.925. The molecule has 3 heterocycles. The van der Waals surface area contributed by atoms with Crippen LogP contribution in [0.5, 0.6) is 0 Å². The molecular formula is C21H22N4O. The van der Waals surface area contributed by atoms with Crippen LogP contribution in [-0.4, -0.2) is 35.0 Å². The topological polar surface area (TPSA) is 58.1 Å². The number of piperidine rings is 1. The molecular weight excluding hydrogens is 324 g/mol. The van der Waals surface area contributed by atoms with E-state index in [-0.39, 0.29) is 11.9 Å². The summed E-state index contributed by atoms with van der Waals surface area (Å²) in [4.78, 5) is 23.5. The summed E-state index contributed by atoms with van der Waals surface area (Å²) >= 11 is 0. The van der Waals surface area contributed by atoms with Crippen molar-refractivity contribution in [2.45, 2.75) is 25.8 Å². The SMILES string of the molecule is Cc1cc(N2CCCC(NC(=O)c3cccnc3)C2)nc2ccccc12. The number of aromatic nitrogens is 2. The van der Waals surface area contributed by atoms with Gasteiger partial charge in [-0.3, -0.25) is 9.78 Å². The van der Waals surface area contributed by atoms with Crippen molar-refractivity contribution in [3.05, 3.63) is 66.0 Å². The standard InChI is InChI=1S/C21H22N4O/c1-15-12-20(24-19-9-3-2-8-18(15)19)25-11-5-7-17(14-25)23-21(26)16-6-4-10-22-13-16/h2-4,6,8-10,12-13,17H,5,7,11,14H2,1H3,(H,23,26). The van der Waals surface area contributed by atoms with Gasteiger partial charge in [0.2, 0.25) is 0 Å². The van der Waals surface area contributed by atoms with Gasteiger partial charge in [-0.05, 0) is 49.6 Å². The number of nitrogens with one attached hydrogen (secondary N) is 1. The van der Waals surface area contributed by atoms with Gasteiger partial charge in [0, 0.05) is 36.9 Å². The molecule has 1 aliphatic rings. The van der Waals surface area contributed by atoms with Crippen LogP contribution in [0.2, 0.25) is 0 Å². The van der Waals surface area contributed by atoms with Crippen molar-refractivity contribution in [3.8, 4) is 0 Å². The van der Waals surface area contributed by atoms with Crippen molar-refractivity contribution >= 4 is 22.6 Å². The van der Waals surface area contributed by atoms with E-state index in [1.807, 2.05) is 12.1 Å². The Kier molecular flexibility index (Phi) is 4.52. The highest BCUT2D eigenvalue weighted by Gasteiger charge is 2.23. The number of benzene rings is 1. The highest BCUT2D eigenvalue weighted by atomic mass is 16.1. The molecule has 0 radical (unpaired) electrons. The van der Waals surface area contributed by atoms with E-state index in [1.54, 1.807) is 24.5 Å². The molecule has 26 heavy (non-hydrogen) atoms. The third-order valence-electron chi connectivity index (χ3n) is 4.91. The maximum Gasteiger partial charge on any atom is 0.253 e. The van der Waals surface area contributed by atoms with E-state index in [9.17, 15) is 4.79 Å². The highest BCUT2D eigenvalue weighted by molar-refractivity contribution is 5.94. The molecule has 1 saturated heterocycles. The van der Waals surface area contributed by atoms with E-state index in [4.69, 9.17) is 4.98 Å². The third kappa shape index (κ3) is 3.38. The fourth-order valence-electron chi connectivity index (χ4n) is 3.56. The molecule has 1 aliphatic heterocycles. The minimum atomic E-state index is -0.0624. The van der Waals surface area contributed by atoms with Crippen molar-refractivity contribution in [2.75, 3.05) is 18.0 Å². The van der Waals surface area contributed by atoms with Crippen molar-refractivity contribution < 1.29 is 4.79 Å². The number of anilines is 1. The lowest BCUT2D eigenvalue weighted by atomic mass is 10.0. The zero-order valence-electron chi connectivity index (χ0n) is 14.9. The summed E-state index contributed by atoms with van der Waals surface area (Å²) in [6.07, 6.45) is 5.29. The summed E-state index contributed by atoms with van der Waals surface area (Å²) in [5, 5.41) is 4.33. The molecule has 0 saturated carbocycles. The Morgan fingerprint density at radius 3 is 2.96 bits per heavy atom. The van der Waals surface area contributed by atoms with Crippen LogP contribution in [0.25, 0.3) is 10.9 Å². The predicted molar refractivity (Wildman–Crippen MR) is 103 cm³/mol. The number of hydrogen-bond acceptors (Lipinski definition) is 4. The quantitative estimate of drug-likeness (QED) is 0.790. The zero-order valence-corrected chi connectivity index (χ0v) is 14.9. The van der Waals surface area contributed by atoms with Crippen LogP contribution in [0.3, 0.4) is 0 Å². The number of rotatable bonds is 3. The van der Waals surface area contributed by atoms with E-state index in [0.29, 0.717) is 5.56 Å². The van der Waals surface area contributed by atoms with Crippen LogP contribution in [0.1, 0.15) is 28.8 Å². The normalized spacial score (nSPS) is 17.3. The van der Waals surface area contributed by atoms with Crippen molar-refractivity contribution in [2.24, 2.45) is 0 Å². The first-order valence-electron chi connectivity index (χ1n) is 9.03. The lowest BCUT2D eigenvalue weighted by molar-refractivity contribution is 0.0932. The molecule has 5 heteroatoms. The number of aryl methyl sites for hydroxylation is 1. The van der Waals surface area contributed by atoms with Crippen LogP contribution in [0.15, 0.2) is 54.9 Å². The van der Waals surface area contributed by atoms with Gasteiger partial charge in [0.1, 0.15) is 5.82 Å². The van der Waals surface area contributed by atoms with Gasteiger partial charge in [-0.15, -0.1) is 0 Å². The lowest BCUT2D eigenvalue weighted by Gasteiger charge is -2.34. The average molecular weight is 346 g/mol. The summed E-state index contributed by atoms with van der Waals surface area (Å²) in [5.41, 5.74) is 2.85. The molecule has 4 rings (SSSR count). The Bertz CT molecular complexity index is 926. The number of para-hydroxylation sites is 1. The molecule has 0 aliphatic carbocycles. The Hall–Kier alpha value is -2.95. The molecule has 3 aromatic rings. The molecule has 1 amide bonds. The second-order valence-electron chi connectivity index (χ2n) is 6.81. The van der Waals surface area contributed by atoms with Gasteiger partial charge in [0.15, 0.2) is 0 Å². The van der Waals surface area contributed by atoms with Gasteiger partial charge in [-0.2, -0.15) is 0 Å². The monoisotopic (exact) mass is 346 g/mol. The predicted octanol–water partition coefficient (Wildman–Crippen LogP) is 3.34. The van der Waals surface area contributed by atoms with Crippen LogP contribution in [0, 0.1) is 6.92 Å². The van der Waals surface area contributed by atoms with E-state index in [0.717, 1.165) is 37.3 Å². The van der Waals surface area contributed by atoms with E-state index in [1.165, 1.54) is 10.9 Å². The largest absolute Gasteiger partial charge is 0.355 e. The molecule has 1 unspecified atom stereocenters. The summed E-state index contributed by atoms with van der Waals surface area (Å²) < 4.78 is 0. The molecule has 1 aromatic carbocycles. The van der Waals surface area contributed by atoms with Crippen LogP contribution >= 0.6 is 0 Å². The number of hydrogen-bond donors (Lipinski definition) is 1. The minimum Gasteiger partial charge on any atom is -0.355 e.